The standard InChI is InChI=1S/C16H10O5/c17-13(18)6-1-3-9-7-8-12-14-10(9)4-2-5-11(14)15(19)21-16(12)20/h1-5,7-8H,6H2,(H,17,18). The summed E-state index contributed by atoms with van der Waals surface area (Å²) in [6, 6.07) is 8.38. The molecule has 3 rings (SSSR count). The number of esters is 2. The maximum Gasteiger partial charge on any atom is 0.346 e. The minimum absolute atomic E-state index is 0.0933. The number of carboxylic acid groups (broad SMARTS) is 1. The van der Waals surface area contributed by atoms with Crippen molar-refractivity contribution in [2.45, 2.75) is 6.42 Å². The quantitative estimate of drug-likeness (QED) is 0.691. The number of carbonyl (C=O) groups is 3. The number of rotatable bonds is 3. The zero-order valence-electron chi connectivity index (χ0n) is 10.8. The smallest absolute Gasteiger partial charge is 0.346 e. The Bertz CT molecular complexity index is 797. The fourth-order valence-electron chi connectivity index (χ4n) is 2.40. The van der Waals surface area contributed by atoms with Gasteiger partial charge in [-0.25, -0.2) is 9.59 Å². The van der Waals surface area contributed by atoms with Gasteiger partial charge in [-0.2, -0.15) is 0 Å². The molecule has 0 atom stereocenters. The van der Waals surface area contributed by atoms with E-state index in [1.165, 1.54) is 6.08 Å². The van der Waals surface area contributed by atoms with Crippen LogP contribution in [0, 0.1) is 0 Å². The van der Waals surface area contributed by atoms with Crippen LogP contribution in [0.3, 0.4) is 0 Å². The van der Waals surface area contributed by atoms with E-state index in [1.54, 1.807) is 36.4 Å². The largest absolute Gasteiger partial charge is 0.481 e. The van der Waals surface area contributed by atoms with Gasteiger partial charge in [-0.3, -0.25) is 4.79 Å². The monoisotopic (exact) mass is 282 g/mol. The number of benzene rings is 2. The zero-order valence-corrected chi connectivity index (χ0v) is 10.8. The average molecular weight is 282 g/mol. The summed E-state index contributed by atoms with van der Waals surface area (Å²) >= 11 is 0. The highest BCUT2D eigenvalue weighted by atomic mass is 16.6. The molecule has 1 heterocycles. The first kappa shape index (κ1) is 13.1. The summed E-state index contributed by atoms with van der Waals surface area (Å²) in [5, 5.41) is 9.92. The van der Waals surface area contributed by atoms with Crippen molar-refractivity contribution in [2.75, 3.05) is 0 Å². The summed E-state index contributed by atoms with van der Waals surface area (Å²) in [7, 11) is 0. The number of aliphatic carboxylic acids is 1. The summed E-state index contributed by atoms with van der Waals surface area (Å²) in [6.07, 6.45) is 3.10. The minimum Gasteiger partial charge on any atom is -0.481 e. The molecule has 5 heteroatoms. The second-order valence-electron chi connectivity index (χ2n) is 4.61. The van der Waals surface area contributed by atoms with Gasteiger partial charge in [0.1, 0.15) is 0 Å². The van der Waals surface area contributed by atoms with E-state index in [9.17, 15) is 14.4 Å². The molecule has 0 aliphatic carbocycles. The van der Waals surface area contributed by atoms with Gasteiger partial charge in [0.05, 0.1) is 17.5 Å². The van der Waals surface area contributed by atoms with E-state index in [0.29, 0.717) is 16.5 Å². The SMILES string of the molecule is O=C(O)CC=Cc1ccc2c3c(cccc13)C(=O)OC2=O. The summed E-state index contributed by atoms with van der Waals surface area (Å²) in [4.78, 5) is 34.1. The Morgan fingerprint density at radius 3 is 2.52 bits per heavy atom. The highest BCUT2D eigenvalue weighted by Crippen LogP contribution is 2.31. The lowest BCUT2D eigenvalue weighted by atomic mass is 9.93. The normalized spacial score (nSPS) is 13.7. The third kappa shape index (κ3) is 2.18. The molecule has 0 saturated carbocycles. The van der Waals surface area contributed by atoms with Crippen LogP contribution in [0.1, 0.15) is 32.7 Å². The lowest BCUT2D eigenvalue weighted by Gasteiger charge is -2.16. The molecule has 1 aliphatic rings. The average Bonchev–Trinajstić information content (AvgIpc) is 2.45. The first-order valence-corrected chi connectivity index (χ1v) is 6.28. The van der Waals surface area contributed by atoms with Crippen LogP contribution in [0.15, 0.2) is 36.4 Å². The van der Waals surface area contributed by atoms with Crippen molar-refractivity contribution in [1.29, 1.82) is 0 Å². The molecule has 104 valence electrons. The van der Waals surface area contributed by atoms with E-state index in [1.807, 2.05) is 0 Å². The first-order valence-electron chi connectivity index (χ1n) is 6.28. The van der Waals surface area contributed by atoms with Gasteiger partial charge < -0.3 is 9.84 Å². The van der Waals surface area contributed by atoms with Crippen LogP contribution in [-0.2, 0) is 9.53 Å². The molecule has 0 spiro atoms. The highest BCUT2D eigenvalue weighted by Gasteiger charge is 2.27. The predicted molar refractivity (Wildman–Crippen MR) is 75.0 cm³/mol. The molecule has 2 aromatic carbocycles. The number of cyclic esters (lactones) is 2. The van der Waals surface area contributed by atoms with Crippen molar-refractivity contribution in [2.24, 2.45) is 0 Å². The second-order valence-corrected chi connectivity index (χ2v) is 4.61. The van der Waals surface area contributed by atoms with Crippen LogP contribution < -0.4 is 0 Å². The third-order valence-corrected chi connectivity index (χ3v) is 3.29. The van der Waals surface area contributed by atoms with Crippen LogP contribution in [0.4, 0.5) is 0 Å². The Hall–Kier alpha value is -2.95. The van der Waals surface area contributed by atoms with Gasteiger partial charge in [0.2, 0.25) is 0 Å². The summed E-state index contributed by atoms with van der Waals surface area (Å²) < 4.78 is 4.68. The van der Waals surface area contributed by atoms with Crippen molar-refractivity contribution in [1.82, 2.24) is 0 Å². The van der Waals surface area contributed by atoms with Crippen molar-refractivity contribution >= 4 is 34.8 Å². The summed E-state index contributed by atoms with van der Waals surface area (Å²) in [5.41, 5.74) is 1.44. The molecule has 0 aromatic heterocycles. The number of carbonyl (C=O) groups excluding carboxylic acids is 2. The van der Waals surface area contributed by atoms with Gasteiger partial charge in [0.15, 0.2) is 0 Å². The van der Waals surface area contributed by atoms with Crippen LogP contribution in [-0.4, -0.2) is 23.0 Å². The van der Waals surface area contributed by atoms with Crippen LogP contribution in [0.2, 0.25) is 0 Å². The molecule has 1 N–H and O–H groups in total. The number of carboxylic acids is 1. The van der Waals surface area contributed by atoms with Crippen molar-refractivity contribution < 1.29 is 24.2 Å². The minimum atomic E-state index is -0.923. The third-order valence-electron chi connectivity index (χ3n) is 3.29. The van der Waals surface area contributed by atoms with E-state index in [-0.39, 0.29) is 6.42 Å². The van der Waals surface area contributed by atoms with Gasteiger partial charge in [-0.15, -0.1) is 0 Å². The molecule has 0 amide bonds. The fraction of sp³-hybridized carbons (Fsp3) is 0.0625. The molecule has 1 aliphatic heterocycles. The van der Waals surface area contributed by atoms with E-state index in [2.05, 4.69) is 4.74 Å². The fourth-order valence-corrected chi connectivity index (χ4v) is 2.40. The predicted octanol–water partition coefficient (Wildman–Crippen LogP) is 2.64. The highest BCUT2D eigenvalue weighted by molar-refractivity contribution is 6.21. The van der Waals surface area contributed by atoms with Crippen molar-refractivity contribution in [3.05, 3.63) is 53.1 Å². The van der Waals surface area contributed by atoms with Gasteiger partial charge in [0, 0.05) is 5.39 Å². The van der Waals surface area contributed by atoms with Crippen LogP contribution in [0.5, 0.6) is 0 Å². The molecule has 5 nitrogen and oxygen atoms in total. The maximum absolute atomic E-state index is 11.8. The topological polar surface area (TPSA) is 80.7 Å². The van der Waals surface area contributed by atoms with E-state index >= 15 is 0 Å². The first-order chi connectivity index (χ1) is 10.1. The molecule has 0 bridgehead atoms. The Morgan fingerprint density at radius 1 is 1.10 bits per heavy atom. The maximum atomic E-state index is 11.8. The van der Waals surface area contributed by atoms with E-state index in [0.717, 1.165) is 10.9 Å². The Balaban J connectivity index is 2.21. The summed E-state index contributed by atoms with van der Waals surface area (Å²) in [6.45, 7) is 0. The zero-order chi connectivity index (χ0) is 15.0. The molecule has 2 aromatic rings. The van der Waals surface area contributed by atoms with Gasteiger partial charge in [-0.05, 0) is 23.1 Å². The number of ether oxygens (including phenoxy) is 1. The van der Waals surface area contributed by atoms with Gasteiger partial charge >= 0.3 is 17.9 Å². The van der Waals surface area contributed by atoms with E-state index < -0.39 is 17.9 Å². The lowest BCUT2D eigenvalue weighted by Crippen LogP contribution is -2.19. The molecular weight excluding hydrogens is 272 g/mol. The van der Waals surface area contributed by atoms with Gasteiger partial charge in [0.25, 0.3) is 0 Å². The molecule has 21 heavy (non-hydrogen) atoms. The van der Waals surface area contributed by atoms with Crippen molar-refractivity contribution in [3.8, 4) is 0 Å². The lowest BCUT2D eigenvalue weighted by molar-refractivity contribution is -0.135. The number of hydrogen-bond acceptors (Lipinski definition) is 4. The Morgan fingerprint density at radius 2 is 1.81 bits per heavy atom. The molecule has 0 fully saturated rings. The summed E-state index contributed by atoms with van der Waals surface area (Å²) in [5.74, 6) is -2.25. The second kappa shape index (κ2) is 4.86. The van der Waals surface area contributed by atoms with E-state index in [4.69, 9.17) is 5.11 Å². The van der Waals surface area contributed by atoms with Gasteiger partial charge in [-0.1, -0.05) is 30.4 Å². The molecule has 0 radical (unpaired) electrons. The molecule has 0 unspecified atom stereocenters. The van der Waals surface area contributed by atoms with Crippen LogP contribution >= 0.6 is 0 Å². The number of hydrogen-bond donors (Lipinski definition) is 1. The Labute approximate surface area is 119 Å². The molecule has 0 saturated heterocycles. The Kier molecular flexibility index (Phi) is 3.02. The van der Waals surface area contributed by atoms with Crippen molar-refractivity contribution in [3.63, 3.8) is 0 Å². The van der Waals surface area contributed by atoms with Crippen LogP contribution in [0.25, 0.3) is 16.8 Å². The molecular formula is C16H10O5.